The first-order chi connectivity index (χ1) is 9.79. The molecule has 1 atom stereocenters. The minimum absolute atomic E-state index is 0.119. The summed E-state index contributed by atoms with van der Waals surface area (Å²) in [5.74, 6) is 0. The minimum atomic E-state index is 0.119. The maximum Gasteiger partial charge on any atom is 0.0834 e. The van der Waals surface area contributed by atoms with Crippen molar-refractivity contribution in [2.45, 2.75) is 103 Å². The molecule has 1 aliphatic rings. The highest BCUT2D eigenvalue weighted by molar-refractivity contribution is 4.94. The number of nitrogens with one attached hydrogen (secondary N) is 1. The summed E-state index contributed by atoms with van der Waals surface area (Å²) >= 11 is 0. The lowest BCUT2D eigenvalue weighted by molar-refractivity contribution is -0.0786. The Bertz CT molecular complexity index is 221. The van der Waals surface area contributed by atoms with Gasteiger partial charge in [-0.2, -0.15) is 0 Å². The van der Waals surface area contributed by atoms with E-state index < -0.39 is 0 Å². The zero-order valence-corrected chi connectivity index (χ0v) is 14.2. The van der Waals surface area contributed by atoms with E-state index in [0.717, 1.165) is 13.2 Å². The van der Waals surface area contributed by atoms with Crippen molar-refractivity contribution in [2.24, 2.45) is 0 Å². The van der Waals surface area contributed by atoms with Crippen LogP contribution in [0.25, 0.3) is 0 Å². The van der Waals surface area contributed by atoms with Gasteiger partial charge >= 0.3 is 0 Å². The van der Waals surface area contributed by atoms with Gasteiger partial charge in [0.25, 0.3) is 0 Å². The SMILES string of the molecule is CCCCCCC(NCC)C1(OCC)CCCCCC1. The molecule has 2 nitrogen and oxygen atoms in total. The number of unbranched alkanes of at least 4 members (excludes halogenated alkanes) is 3. The molecule has 20 heavy (non-hydrogen) atoms. The average molecular weight is 284 g/mol. The fourth-order valence-corrected chi connectivity index (χ4v) is 3.78. The van der Waals surface area contributed by atoms with Crippen LogP contribution in [-0.2, 0) is 4.74 Å². The van der Waals surface area contributed by atoms with Crippen molar-refractivity contribution in [1.82, 2.24) is 5.32 Å². The lowest BCUT2D eigenvalue weighted by Gasteiger charge is -2.41. The van der Waals surface area contributed by atoms with Gasteiger partial charge in [0.05, 0.1) is 5.60 Å². The molecule has 0 bridgehead atoms. The molecule has 1 rings (SSSR count). The summed E-state index contributed by atoms with van der Waals surface area (Å²) in [7, 11) is 0. The average Bonchev–Trinajstić information content (AvgIpc) is 2.69. The van der Waals surface area contributed by atoms with E-state index in [2.05, 4.69) is 26.1 Å². The molecule has 1 fully saturated rings. The van der Waals surface area contributed by atoms with Gasteiger partial charge in [-0.3, -0.25) is 0 Å². The van der Waals surface area contributed by atoms with E-state index >= 15 is 0 Å². The minimum Gasteiger partial charge on any atom is -0.374 e. The molecule has 1 saturated carbocycles. The van der Waals surface area contributed by atoms with Crippen LogP contribution in [0.15, 0.2) is 0 Å². The molecule has 1 N–H and O–H groups in total. The van der Waals surface area contributed by atoms with Crippen LogP contribution >= 0.6 is 0 Å². The summed E-state index contributed by atoms with van der Waals surface area (Å²) in [6.45, 7) is 8.60. The molecule has 120 valence electrons. The Morgan fingerprint density at radius 1 is 0.950 bits per heavy atom. The number of rotatable bonds is 10. The summed E-state index contributed by atoms with van der Waals surface area (Å²) in [6, 6.07) is 0.558. The van der Waals surface area contributed by atoms with Gasteiger partial charge in [-0.25, -0.2) is 0 Å². The second kappa shape index (κ2) is 10.6. The second-order valence-electron chi connectivity index (χ2n) is 6.37. The second-order valence-corrected chi connectivity index (χ2v) is 6.37. The van der Waals surface area contributed by atoms with Gasteiger partial charge in [-0.05, 0) is 32.7 Å². The van der Waals surface area contributed by atoms with Crippen LogP contribution in [0.5, 0.6) is 0 Å². The highest BCUT2D eigenvalue weighted by Gasteiger charge is 2.38. The normalized spacial score (nSPS) is 20.6. The number of hydrogen-bond donors (Lipinski definition) is 1. The zero-order valence-electron chi connectivity index (χ0n) is 14.2. The Kier molecular flexibility index (Phi) is 9.54. The van der Waals surface area contributed by atoms with E-state index in [1.54, 1.807) is 0 Å². The lowest BCUT2D eigenvalue weighted by Crippen LogP contribution is -2.52. The first-order valence-corrected chi connectivity index (χ1v) is 9.16. The Morgan fingerprint density at radius 2 is 1.65 bits per heavy atom. The van der Waals surface area contributed by atoms with Crippen LogP contribution in [0.1, 0.15) is 91.4 Å². The van der Waals surface area contributed by atoms with Gasteiger partial charge in [0.2, 0.25) is 0 Å². The number of ether oxygens (including phenoxy) is 1. The molecule has 0 saturated heterocycles. The zero-order chi connectivity index (χ0) is 14.7. The van der Waals surface area contributed by atoms with Gasteiger partial charge < -0.3 is 10.1 Å². The van der Waals surface area contributed by atoms with Crippen molar-refractivity contribution in [1.29, 1.82) is 0 Å². The summed E-state index contributed by atoms with van der Waals surface area (Å²) in [6.07, 6.45) is 14.7. The van der Waals surface area contributed by atoms with E-state index in [4.69, 9.17) is 4.74 Å². The van der Waals surface area contributed by atoms with Gasteiger partial charge in [-0.1, -0.05) is 65.2 Å². The molecule has 0 amide bonds. The number of hydrogen-bond acceptors (Lipinski definition) is 2. The van der Waals surface area contributed by atoms with Crippen LogP contribution in [0.4, 0.5) is 0 Å². The summed E-state index contributed by atoms with van der Waals surface area (Å²) < 4.78 is 6.36. The lowest BCUT2D eigenvalue weighted by atomic mass is 9.83. The van der Waals surface area contributed by atoms with Crippen molar-refractivity contribution < 1.29 is 4.74 Å². The van der Waals surface area contributed by atoms with E-state index in [1.165, 1.54) is 70.6 Å². The highest BCUT2D eigenvalue weighted by Crippen LogP contribution is 2.35. The third-order valence-electron chi connectivity index (χ3n) is 4.81. The highest BCUT2D eigenvalue weighted by atomic mass is 16.5. The fraction of sp³-hybridized carbons (Fsp3) is 1.00. The molecule has 0 aliphatic heterocycles. The molecule has 1 aliphatic carbocycles. The molecular weight excluding hydrogens is 246 g/mol. The first kappa shape index (κ1) is 18.0. The first-order valence-electron chi connectivity index (χ1n) is 9.16. The smallest absolute Gasteiger partial charge is 0.0834 e. The number of likely N-dealkylation sites (N-methyl/N-ethyl adjacent to an activating group) is 1. The van der Waals surface area contributed by atoms with Gasteiger partial charge in [0.1, 0.15) is 0 Å². The van der Waals surface area contributed by atoms with E-state index in [-0.39, 0.29) is 5.60 Å². The topological polar surface area (TPSA) is 21.3 Å². The summed E-state index contributed by atoms with van der Waals surface area (Å²) in [4.78, 5) is 0. The summed E-state index contributed by atoms with van der Waals surface area (Å²) in [5.41, 5.74) is 0.119. The maximum absolute atomic E-state index is 6.36. The van der Waals surface area contributed by atoms with Crippen molar-refractivity contribution in [3.63, 3.8) is 0 Å². The molecular formula is C18H37NO. The Morgan fingerprint density at radius 3 is 2.20 bits per heavy atom. The molecule has 0 spiro atoms. The van der Waals surface area contributed by atoms with Crippen LogP contribution in [-0.4, -0.2) is 24.8 Å². The molecule has 0 aromatic rings. The predicted octanol–water partition coefficient (Wildman–Crippen LogP) is 5.06. The Labute approximate surface area is 127 Å². The molecule has 0 aromatic carbocycles. The third kappa shape index (κ3) is 5.73. The monoisotopic (exact) mass is 283 g/mol. The van der Waals surface area contributed by atoms with E-state index in [0.29, 0.717) is 6.04 Å². The fourth-order valence-electron chi connectivity index (χ4n) is 3.78. The molecule has 0 aromatic heterocycles. The summed E-state index contributed by atoms with van der Waals surface area (Å²) in [5, 5.41) is 3.76. The van der Waals surface area contributed by atoms with Crippen molar-refractivity contribution in [2.75, 3.05) is 13.2 Å². The quantitative estimate of drug-likeness (QED) is 0.447. The van der Waals surface area contributed by atoms with E-state index in [1.807, 2.05) is 0 Å². The standard InChI is InChI=1S/C18H37NO/c1-4-7-8-11-14-17(19-5-2)18(20-6-3)15-12-9-10-13-16-18/h17,19H,4-16H2,1-3H3. The van der Waals surface area contributed by atoms with Crippen molar-refractivity contribution >= 4 is 0 Å². The van der Waals surface area contributed by atoms with Gasteiger partial charge in [0.15, 0.2) is 0 Å². The Hall–Kier alpha value is -0.0800. The Balaban J connectivity index is 2.64. The molecule has 0 heterocycles. The van der Waals surface area contributed by atoms with Gasteiger partial charge in [-0.15, -0.1) is 0 Å². The van der Waals surface area contributed by atoms with Crippen molar-refractivity contribution in [3.8, 4) is 0 Å². The van der Waals surface area contributed by atoms with Gasteiger partial charge in [0, 0.05) is 12.6 Å². The maximum atomic E-state index is 6.36. The van der Waals surface area contributed by atoms with Crippen LogP contribution in [0, 0.1) is 0 Å². The van der Waals surface area contributed by atoms with E-state index in [9.17, 15) is 0 Å². The predicted molar refractivity (Wildman–Crippen MR) is 88.3 cm³/mol. The van der Waals surface area contributed by atoms with Crippen LogP contribution < -0.4 is 5.32 Å². The molecule has 0 radical (unpaired) electrons. The molecule has 1 unspecified atom stereocenters. The van der Waals surface area contributed by atoms with Crippen LogP contribution in [0.3, 0.4) is 0 Å². The third-order valence-corrected chi connectivity index (χ3v) is 4.81. The largest absolute Gasteiger partial charge is 0.374 e. The van der Waals surface area contributed by atoms with Crippen LogP contribution in [0.2, 0.25) is 0 Å². The molecule has 2 heteroatoms. The van der Waals surface area contributed by atoms with Crippen molar-refractivity contribution in [3.05, 3.63) is 0 Å².